The van der Waals surface area contributed by atoms with Gasteiger partial charge in [-0.15, -0.1) is 5.10 Å². The Kier molecular flexibility index (Phi) is 6.63. The van der Waals surface area contributed by atoms with E-state index in [0.29, 0.717) is 33.8 Å². The van der Waals surface area contributed by atoms with Crippen molar-refractivity contribution < 1.29 is 23.8 Å². The lowest BCUT2D eigenvalue weighted by atomic mass is 10.2. The average molecular weight is 471 g/mol. The van der Waals surface area contributed by atoms with Gasteiger partial charge in [0.1, 0.15) is 22.9 Å². The van der Waals surface area contributed by atoms with E-state index in [2.05, 4.69) is 20.8 Å². The summed E-state index contributed by atoms with van der Waals surface area (Å²) in [7, 11) is 4.64. The number of ether oxygens (including phenoxy) is 3. The number of hydrogen-bond acceptors (Lipinski definition) is 9. The Morgan fingerprint density at radius 3 is 2.76 bits per heavy atom. The summed E-state index contributed by atoms with van der Waals surface area (Å²) in [4.78, 5) is 26.9. The maximum absolute atomic E-state index is 13.2. The third kappa shape index (κ3) is 4.55. The van der Waals surface area contributed by atoms with Crippen molar-refractivity contribution in [1.29, 1.82) is 0 Å². The number of carbonyl (C=O) groups is 2. The first-order chi connectivity index (χ1) is 16.0. The summed E-state index contributed by atoms with van der Waals surface area (Å²) in [6.45, 7) is 0.102. The number of nitrogens with one attached hydrogen (secondary N) is 1. The maximum Gasteiger partial charge on any atom is 0.262 e. The van der Waals surface area contributed by atoms with Crippen LogP contribution in [0, 0.1) is 0 Å². The molecule has 0 saturated carbocycles. The second-order valence-electron chi connectivity index (χ2n) is 6.89. The molecule has 0 bridgehead atoms. The minimum Gasteiger partial charge on any atom is -0.497 e. The van der Waals surface area contributed by atoms with Crippen molar-refractivity contribution in [3.8, 4) is 22.9 Å². The number of tetrazole rings is 1. The zero-order valence-electron chi connectivity index (χ0n) is 18.2. The van der Waals surface area contributed by atoms with Gasteiger partial charge in [-0.2, -0.15) is 4.68 Å². The number of para-hydroxylation sites is 2. The van der Waals surface area contributed by atoms with Gasteiger partial charge in [0.15, 0.2) is 6.10 Å². The number of benzene rings is 2. The number of thioether (sulfide) groups is 1. The van der Waals surface area contributed by atoms with Crippen LogP contribution >= 0.6 is 11.8 Å². The molecule has 1 atom stereocenters. The Balaban J connectivity index is 1.55. The highest BCUT2D eigenvalue weighted by atomic mass is 32.2. The topological polar surface area (TPSA) is 121 Å². The molecule has 0 saturated heterocycles. The molecule has 2 aromatic carbocycles. The first kappa shape index (κ1) is 22.4. The summed E-state index contributed by atoms with van der Waals surface area (Å²) in [5.74, 6) is 1.16. The van der Waals surface area contributed by atoms with Crippen LogP contribution < -0.4 is 24.4 Å². The highest BCUT2D eigenvalue weighted by Gasteiger charge is 2.33. The van der Waals surface area contributed by atoms with E-state index in [4.69, 9.17) is 14.2 Å². The van der Waals surface area contributed by atoms with Crippen LogP contribution in [-0.2, 0) is 9.59 Å². The van der Waals surface area contributed by atoms with Gasteiger partial charge in [-0.25, -0.2) is 0 Å². The van der Waals surface area contributed by atoms with Crippen molar-refractivity contribution in [3.05, 3.63) is 42.5 Å². The van der Waals surface area contributed by atoms with Crippen LogP contribution in [0.4, 0.5) is 5.69 Å². The van der Waals surface area contributed by atoms with Crippen LogP contribution in [0.15, 0.2) is 47.6 Å². The molecule has 172 valence electrons. The minimum absolute atomic E-state index is 0.0431. The van der Waals surface area contributed by atoms with E-state index in [1.165, 1.54) is 23.5 Å². The van der Waals surface area contributed by atoms with Gasteiger partial charge >= 0.3 is 0 Å². The lowest BCUT2D eigenvalue weighted by Gasteiger charge is -2.33. The summed E-state index contributed by atoms with van der Waals surface area (Å²) in [5.41, 5.74) is 1.19. The molecule has 3 aromatic rings. The molecule has 2 amide bonds. The van der Waals surface area contributed by atoms with Crippen molar-refractivity contribution in [2.75, 3.05) is 38.5 Å². The van der Waals surface area contributed by atoms with E-state index in [9.17, 15) is 9.59 Å². The molecule has 11 nitrogen and oxygen atoms in total. The standard InChI is InChI=1S/C21H22N6O5S/c1-22-20(29)18-11-26(14-6-4-5-7-17(14)32-18)19(28)12-33-21-23-24-25-27(21)15-10-13(30-2)8-9-16(15)31-3/h4-10,18H,11-12H2,1-3H3,(H,22,29). The Morgan fingerprint density at radius 2 is 2.00 bits per heavy atom. The predicted octanol–water partition coefficient (Wildman–Crippen LogP) is 1.31. The van der Waals surface area contributed by atoms with Crippen LogP contribution in [0.25, 0.3) is 5.69 Å². The number of anilines is 1. The molecule has 0 radical (unpaired) electrons. The van der Waals surface area contributed by atoms with Crippen molar-refractivity contribution in [1.82, 2.24) is 25.5 Å². The van der Waals surface area contributed by atoms with Crippen molar-refractivity contribution in [2.24, 2.45) is 0 Å². The molecule has 2 heterocycles. The van der Waals surface area contributed by atoms with E-state index in [1.54, 1.807) is 55.5 Å². The van der Waals surface area contributed by atoms with Gasteiger partial charge in [-0.05, 0) is 34.7 Å². The van der Waals surface area contributed by atoms with E-state index in [0.717, 1.165) is 0 Å². The van der Waals surface area contributed by atoms with Gasteiger partial charge < -0.3 is 24.4 Å². The largest absolute Gasteiger partial charge is 0.497 e. The Bertz CT molecular complexity index is 1170. The molecule has 0 aliphatic carbocycles. The molecule has 12 heteroatoms. The van der Waals surface area contributed by atoms with E-state index in [1.807, 2.05) is 6.07 Å². The zero-order chi connectivity index (χ0) is 23.4. The molecule has 1 aliphatic rings. The van der Waals surface area contributed by atoms with E-state index < -0.39 is 6.10 Å². The fourth-order valence-corrected chi connectivity index (χ4v) is 4.11. The summed E-state index contributed by atoms with van der Waals surface area (Å²) in [5, 5.41) is 14.8. The van der Waals surface area contributed by atoms with E-state index >= 15 is 0 Å². The van der Waals surface area contributed by atoms with Gasteiger partial charge in [0.25, 0.3) is 5.91 Å². The van der Waals surface area contributed by atoms with Crippen LogP contribution in [-0.4, -0.2) is 71.7 Å². The number of amides is 2. The molecule has 1 aliphatic heterocycles. The maximum atomic E-state index is 13.2. The second-order valence-corrected chi connectivity index (χ2v) is 7.84. The van der Waals surface area contributed by atoms with Gasteiger partial charge in [0.2, 0.25) is 11.1 Å². The van der Waals surface area contributed by atoms with Crippen molar-refractivity contribution in [2.45, 2.75) is 11.3 Å². The SMILES string of the molecule is CNC(=O)C1CN(C(=O)CSc2nnnn2-c2cc(OC)ccc2OC)c2ccccc2O1. The number of aromatic nitrogens is 4. The third-order valence-electron chi connectivity index (χ3n) is 4.99. The Labute approximate surface area is 194 Å². The first-order valence-corrected chi connectivity index (χ1v) is 11.0. The second kappa shape index (κ2) is 9.77. The van der Waals surface area contributed by atoms with Gasteiger partial charge in [-0.1, -0.05) is 23.9 Å². The van der Waals surface area contributed by atoms with Crippen LogP contribution in [0.5, 0.6) is 17.2 Å². The molecule has 1 aromatic heterocycles. The molecule has 0 spiro atoms. The number of fused-ring (bicyclic) bond motifs is 1. The molecule has 33 heavy (non-hydrogen) atoms. The fraction of sp³-hybridized carbons (Fsp3) is 0.286. The summed E-state index contributed by atoms with van der Waals surface area (Å²) in [6.07, 6.45) is -0.801. The number of rotatable bonds is 7. The van der Waals surface area contributed by atoms with Crippen molar-refractivity contribution >= 4 is 29.3 Å². The molecule has 1 N–H and O–H groups in total. The van der Waals surface area contributed by atoms with Crippen LogP contribution in [0.1, 0.15) is 0 Å². The Hall–Kier alpha value is -3.80. The monoisotopic (exact) mass is 470 g/mol. The normalized spacial score (nSPS) is 14.8. The number of hydrogen-bond donors (Lipinski definition) is 1. The van der Waals surface area contributed by atoms with Gasteiger partial charge in [-0.3, -0.25) is 9.59 Å². The van der Waals surface area contributed by atoms with Crippen LogP contribution in [0.3, 0.4) is 0 Å². The number of nitrogens with zero attached hydrogens (tertiary/aromatic N) is 5. The molecule has 1 unspecified atom stereocenters. The lowest BCUT2D eigenvalue weighted by Crippen LogP contribution is -2.50. The number of carbonyl (C=O) groups excluding carboxylic acids is 2. The minimum atomic E-state index is -0.801. The molecule has 0 fully saturated rings. The molecule has 4 rings (SSSR count). The van der Waals surface area contributed by atoms with Crippen molar-refractivity contribution in [3.63, 3.8) is 0 Å². The smallest absolute Gasteiger partial charge is 0.262 e. The summed E-state index contributed by atoms with van der Waals surface area (Å²) >= 11 is 1.17. The zero-order valence-corrected chi connectivity index (χ0v) is 19.0. The van der Waals surface area contributed by atoms with Gasteiger partial charge in [0, 0.05) is 13.1 Å². The molecular weight excluding hydrogens is 448 g/mol. The Morgan fingerprint density at radius 1 is 1.18 bits per heavy atom. The van der Waals surface area contributed by atoms with E-state index in [-0.39, 0.29) is 24.1 Å². The summed E-state index contributed by atoms with van der Waals surface area (Å²) in [6, 6.07) is 12.4. The summed E-state index contributed by atoms with van der Waals surface area (Å²) < 4.78 is 18.0. The highest BCUT2D eigenvalue weighted by Crippen LogP contribution is 2.34. The average Bonchev–Trinajstić information content (AvgIpc) is 3.34. The quantitative estimate of drug-likeness (QED) is 0.510. The van der Waals surface area contributed by atoms with Gasteiger partial charge in [0.05, 0.1) is 32.2 Å². The first-order valence-electron chi connectivity index (χ1n) is 9.97. The lowest BCUT2D eigenvalue weighted by molar-refractivity contribution is -0.127. The third-order valence-corrected chi connectivity index (χ3v) is 5.90. The number of likely N-dealkylation sites (N-methyl/N-ethyl adjacent to an activating group) is 1. The molecular formula is C21H22N6O5S. The predicted molar refractivity (Wildman–Crippen MR) is 120 cm³/mol. The highest BCUT2D eigenvalue weighted by molar-refractivity contribution is 7.99. The van der Waals surface area contributed by atoms with Crippen LogP contribution in [0.2, 0.25) is 0 Å². The number of methoxy groups -OCH3 is 2. The fourth-order valence-electron chi connectivity index (χ4n) is 3.35.